The van der Waals surface area contributed by atoms with Crippen LogP contribution in [0.5, 0.6) is 0 Å². The van der Waals surface area contributed by atoms with Crippen LogP contribution in [0.1, 0.15) is 207 Å². The predicted molar refractivity (Wildman–Crippen MR) is 154 cm³/mol. The first-order chi connectivity index (χ1) is 16.3. The summed E-state index contributed by atoms with van der Waals surface area (Å²) in [5.74, 6) is 1.94. The normalized spacial score (nSPS) is 11.6. The highest BCUT2D eigenvalue weighted by atomic mass is 14.1. The van der Waals surface area contributed by atoms with Crippen molar-refractivity contribution in [2.24, 2.45) is 0 Å². The van der Waals surface area contributed by atoms with Gasteiger partial charge in [0.05, 0.1) is 0 Å². The third-order valence-corrected chi connectivity index (χ3v) is 7.65. The molecule has 0 fully saturated rings. The van der Waals surface area contributed by atoms with Crippen molar-refractivity contribution in [2.75, 3.05) is 0 Å². The van der Waals surface area contributed by atoms with E-state index in [-0.39, 0.29) is 0 Å². The van der Waals surface area contributed by atoms with Crippen LogP contribution in [-0.4, -0.2) is 0 Å². The summed E-state index contributed by atoms with van der Waals surface area (Å²) < 4.78 is 0. The topological polar surface area (TPSA) is 0 Å². The summed E-state index contributed by atoms with van der Waals surface area (Å²) in [5, 5.41) is 0. The van der Waals surface area contributed by atoms with E-state index in [1.54, 1.807) is 0 Å². The van der Waals surface area contributed by atoms with Crippen LogP contribution in [0.2, 0.25) is 0 Å². The molecule has 0 aliphatic rings. The maximum absolute atomic E-state index is 2.32. The summed E-state index contributed by atoms with van der Waals surface area (Å²) in [7, 11) is 0. The third kappa shape index (κ3) is 28.1. The molecular weight excluding hydrogens is 396 g/mol. The molecule has 0 heterocycles. The second-order valence-electron chi connectivity index (χ2n) is 11.1. The summed E-state index contributed by atoms with van der Waals surface area (Å²) in [5.41, 5.74) is 0. The molecule has 0 bridgehead atoms. The van der Waals surface area contributed by atoms with Crippen molar-refractivity contribution < 1.29 is 0 Å². The van der Waals surface area contributed by atoms with Gasteiger partial charge in [-0.25, -0.2) is 0 Å². The highest BCUT2D eigenvalue weighted by molar-refractivity contribution is 4.89. The number of rotatable bonds is 29. The van der Waals surface area contributed by atoms with Crippen molar-refractivity contribution in [2.45, 2.75) is 207 Å². The van der Waals surface area contributed by atoms with Gasteiger partial charge in [0, 0.05) is 0 Å². The Kier molecular flexibility index (Phi) is 30.0. The van der Waals surface area contributed by atoms with Crippen molar-refractivity contribution >= 4 is 0 Å². The molecule has 0 nitrogen and oxygen atoms in total. The van der Waals surface area contributed by atoms with Crippen LogP contribution < -0.4 is 0 Å². The Bertz CT molecular complexity index is 320. The van der Waals surface area contributed by atoms with Crippen molar-refractivity contribution in [1.82, 2.24) is 0 Å². The van der Waals surface area contributed by atoms with Gasteiger partial charge < -0.3 is 0 Å². The molecule has 0 saturated carbocycles. The minimum Gasteiger partial charge on any atom is -0.0654 e. The predicted octanol–water partition coefficient (Wildman–Crippen LogP) is 12.9. The lowest BCUT2D eigenvalue weighted by Gasteiger charge is -2.16. The minimum absolute atomic E-state index is 1.37. The molecule has 33 heavy (non-hydrogen) atoms. The molecule has 199 valence electrons. The molecule has 0 spiro atoms. The highest BCUT2D eigenvalue weighted by Crippen LogP contribution is 2.26. The molecule has 0 atom stereocenters. The van der Waals surface area contributed by atoms with Crippen LogP contribution in [0, 0.1) is 5.92 Å². The molecule has 1 radical (unpaired) electrons. The number of unbranched alkanes of at least 4 members (excludes halogenated alkanes) is 23. The highest BCUT2D eigenvalue weighted by Gasteiger charge is 2.09. The first kappa shape index (κ1) is 33.0. The minimum atomic E-state index is 1.37. The molecule has 0 amide bonds. The lowest BCUT2D eigenvalue weighted by molar-refractivity contribution is 0.504. The largest absolute Gasteiger partial charge is 0.0654 e. The van der Waals surface area contributed by atoms with Crippen LogP contribution in [0.4, 0.5) is 0 Å². The maximum atomic E-state index is 2.32. The van der Waals surface area contributed by atoms with Crippen molar-refractivity contribution in [3.05, 3.63) is 5.92 Å². The van der Waals surface area contributed by atoms with E-state index in [9.17, 15) is 0 Å². The molecule has 0 unspecified atom stereocenters. The van der Waals surface area contributed by atoms with Crippen LogP contribution in [0.25, 0.3) is 0 Å². The Morgan fingerprint density at radius 1 is 0.242 bits per heavy atom. The molecular formula is C33H67. The Morgan fingerprint density at radius 2 is 0.424 bits per heavy atom. The summed E-state index contributed by atoms with van der Waals surface area (Å²) >= 11 is 0. The molecule has 0 aliphatic carbocycles. The summed E-state index contributed by atoms with van der Waals surface area (Å²) in [4.78, 5) is 0. The van der Waals surface area contributed by atoms with Crippen molar-refractivity contribution in [3.8, 4) is 0 Å². The Balaban J connectivity index is 3.82. The summed E-state index contributed by atoms with van der Waals surface area (Å²) in [6, 6.07) is 0. The third-order valence-electron chi connectivity index (χ3n) is 7.65. The fourth-order valence-electron chi connectivity index (χ4n) is 5.26. The van der Waals surface area contributed by atoms with Gasteiger partial charge in [-0.2, -0.15) is 0 Å². The van der Waals surface area contributed by atoms with Gasteiger partial charge in [-0.15, -0.1) is 0 Å². The standard InChI is InChI=1S/C33H67/c1-4-7-10-13-16-18-20-23-26-29-32-33(30-27-24-21-15-12-9-6-3)31-28-25-22-19-17-14-11-8-5-2/h4-32H2,1-3H3. The average Bonchev–Trinajstić information content (AvgIpc) is 2.83. The van der Waals surface area contributed by atoms with Gasteiger partial charge in [0.2, 0.25) is 0 Å². The molecule has 0 saturated heterocycles. The lowest BCUT2D eigenvalue weighted by atomic mass is 9.89. The van der Waals surface area contributed by atoms with Crippen LogP contribution in [0.3, 0.4) is 0 Å². The van der Waals surface area contributed by atoms with Gasteiger partial charge in [-0.3, -0.25) is 0 Å². The Hall–Kier alpha value is 0. The lowest BCUT2D eigenvalue weighted by Crippen LogP contribution is -1.99. The molecule has 0 aromatic carbocycles. The fraction of sp³-hybridized carbons (Fsp3) is 0.970. The Morgan fingerprint density at radius 3 is 0.636 bits per heavy atom. The van der Waals surface area contributed by atoms with E-state index in [1.165, 1.54) is 186 Å². The van der Waals surface area contributed by atoms with E-state index in [4.69, 9.17) is 0 Å². The van der Waals surface area contributed by atoms with E-state index in [0.717, 1.165) is 0 Å². The van der Waals surface area contributed by atoms with Gasteiger partial charge in [0.25, 0.3) is 0 Å². The van der Waals surface area contributed by atoms with E-state index in [2.05, 4.69) is 20.8 Å². The van der Waals surface area contributed by atoms with Gasteiger partial charge in [-0.05, 0) is 25.2 Å². The Labute approximate surface area is 212 Å². The molecule has 0 rings (SSSR count). The number of hydrogen-bond acceptors (Lipinski definition) is 0. The van der Waals surface area contributed by atoms with E-state index in [1.807, 2.05) is 5.92 Å². The summed E-state index contributed by atoms with van der Waals surface area (Å²) in [6.07, 6.45) is 42.3. The second kappa shape index (κ2) is 30.0. The molecule has 0 aromatic heterocycles. The first-order valence-electron chi connectivity index (χ1n) is 16.2. The van der Waals surface area contributed by atoms with Gasteiger partial charge >= 0.3 is 0 Å². The van der Waals surface area contributed by atoms with Crippen LogP contribution in [0.15, 0.2) is 0 Å². The summed E-state index contributed by atoms with van der Waals surface area (Å²) in [6.45, 7) is 6.95. The second-order valence-corrected chi connectivity index (χ2v) is 11.1. The number of hydrogen-bond donors (Lipinski definition) is 0. The van der Waals surface area contributed by atoms with Crippen LogP contribution in [-0.2, 0) is 0 Å². The molecule has 0 N–H and O–H groups in total. The zero-order valence-corrected chi connectivity index (χ0v) is 24.0. The van der Waals surface area contributed by atoms with Gasteiger partial charge in [0.15, 0.2) is 0 Å². The fourth-order valence-corrected chi connectivity index (χ4v) is 5.26. The smallest absolute Gasteiger partial charge is 0.0241 e. The SMILES string of the molecule is CCCCCCCCCCCC[C](CCCCCCCCC)CCCCCCCCCCC. The zero-order chi connectivity index (χ0) is 24.1. The van der Waals surface area contributed by atoms with Gasteiger partial charge in [-0.1, -0.05) is 188 Å². The zero-order valence-electron chi connectivity index (χ0n) is 24.0. The van der Waals surface area contributed by atoms with E-state index >= 15 is 0 Å². The van der Waals surface area contributed by atoms with Crippen LogP contribution >= 0.6 is 0 Å². The van der Waals surface area contributed by atoms with Crippen molar-refractivity contribution in [3.63, 3.8) is 0 Å². The van der Waals surface area contributed by atoms with Gasteiger partial charge in [0.1, 0.15) is 0 Å². The van der Waals surface area contributed by atoms with E-state index < -0.39 is 0 Å². The van der Waals surface area contributed by atoms with Crippen molar-refractivity contribution in [1.29, 1.82) is 0 Å². The monoisotopic (exact) mass is 464 g/mol. The quantitative estimate of drug-likeness (QED) is 0.0967. The maximum Gasteiger partial charge on any atom is -0.0241 e. The average molecular weight is 464 g/mol. The molecule has 0 aliphatic heterocycles. The first-order valence-corrected chi connectivity index (χ1v) is 16.2. The van der Waals surface area contributed by atoms with E-state index in [0.29, 0.717) is 0 Å². The molecule has 0 aromatic rings. The molecule has 0 heteroatoms.